The molecule has 1 saturated heterocycles. The first kappa shape index (κ1) is 16.9. The fourth-order valence-corrected chi connectivity index (χ4v) is 3.25. The molecule has 1 fully saturated rings. The molecule has 0 radical (unpaired) electrons. The summed E-state index contributed by atoms with van der Waals surface area (Å²) in [5.41, 5.74) is 0. The molecule has 0 atom stereocenters. The minimum Gasteiger partial charge on any atom is -0.469 e. The fourth-order valence-electron chi connectivity index (χ4n) is 1.91. The van der Waals surface area contributed by atoms with Crippen LogP contribution < -0.4 is 0 Å². The first-order valence-electron chi connectivity index (χ1n) is 6.36. The van der Waals surface area contributed by atoms with Crippen molar-refractivity contribution in [1.82, 2.24) is 13.5 Å². The largest absolute Gasteiger partial charge is 0.469 e. The second-order valence-electron chi connectivity index (χ2n) is 4.53. The summed E-state index contributed by atoms with van der Waals surface area (Å²) in [6, 6.07) is 0. The Labute approximate surface area is 120 Å². The van der Waals surface area contributed by atoms with Crippen LogP contribution in [0.1, 0.15) is 6.42 Å². The molecular weight excluding hydrogens is 282 g/mol. The Balaban J connectivity index is 2.53. The third kappa shape index (κ3) is 4.45. The minimum atomic E-state index is -3.52. The third-order valence-corrected chi connectivity index (χ3v) is 5.21. The van der Waals surface area contributed by atoms with Crippen LogP contribution in [0.3, 0.4) is 0 Å². The molecule has 0 saturated carbocycles. The van der Waals surface area contributed by atoms with Gasteiger partial charge in [0.2, 0.25) is 0 Å². The normalized spacial score (nSPS) is 17.9. The van der Waals surface area contributed by atoms with Crippen molar-refractivity contribution < 1.29 is 17.9 Å². The SMILES string of the molecule is C#CCN1CCN(S(=O)(=O)N(C)CCC(=O)OC)CC1. The average Bonchev–Trinajstić information content (AvgIpc) is 2.45. The highest BCUT2D eigenvalue weighted by atomic mass is 32.2. The number of terminal acetylenes is 1. The Morgan fingerprint density at radius 2 is 1.95 bits per heavy atom. The van der Waals surface area contributed by atoms with Gasteiger partial charge in [0.15, 0.2) is 0 Å². The van der Waals surface area contributed by atoms with Gasteiger partial charge in [0.05, 0.1) is 20.1 Å². The van der Waals surface area contributed by atoms with Crippen LogP contribution in [-0.4, -0.2) is 81.3 Å². The van der Waals surface area contributed by atoms with E-state index in [0.29, 0.717) is 32.7 Å². The molecular formula is C12H21N3O4S. The monoisotopic (exact) mass is 303 g/mol. The molecule has 0 aromatic carbocycles. The lowest BCUT2D eigenvalue weighted by atomic mass is 10.4. The Morgan fingerprint density at radius 3 is 2.45 bits per heavy atom. The molecule has 8 heteroatoms. The number of hydrogen-bond acceptors (Lipinski definition) is 5. The highest BCUT2D eigenvalue weighted by Gasteiger charge is 2.30. The van der Waals surface area contributed by atoms with Crippen molar-refractivity contribution in [3.63, 3.8) is 0 Å². The number of methoxy groups -OCH3 is 1. The Morgan fingerprint density at radius 1 is 1.35 bits per heavy atom. The fraction of sp³-hybridized carbons (Fsp3) is 0.750. The van der Waals surface area contributed by atoms with Crippen molar-refractivity contribution in [3.05, 3.63) is 0 Å². The average molecular weight is 303 g/mol. The molecule has 0 aliphatic carbocycles. The Hall–Kier alpha value is -1.14. The topological polar surface area (TPSA) is 70.2 Å². The number of rotatable bonds is 6. The number of esters is 1. The molecule has 114 valence electrons. The molecule has 20 heavy (non-hydrogen) atoms. The zero-order chi connectivity index (χ0) is 15.2. The number of carbonyl (C=O) groups excluding carboxylic acids is 1. The second kappa shape index (κ2) is 7.59. The maximum absolute atomic E-state index is 12.3. The lowest BCUT2D eigenvalue weighted by Crippen LogP contribution is -2.52. The van der Waals surface area contributed by atoms with E-state index in [2.05, 4.69) is 10.7 Å². The molecule has 0 spiro atoms. The summed E-state index contributed by atoms with van der Waals surface area (Å²) in [6.07, 6.45) is 5.28. The summed E-state index contributed by atoms with van der Waals surface area (Å²) in [5.74, 6) is 2.12. The summed E-state index contributed by atoms with van der Waals surface area (Å²) in [5, 5.41) is 0. The van der Waals surface area contributed by atoms with E-state index in [0.717, 1.165) is 0 Å². The lowest BCUT2D eigenvalue weighted by Gasteiger charge is -2.34. The van der Waals surface area contributed by atoms with Crippen LogP contribution >= 0.6 is 0 Å². The number of piperazine rings is 1. The van der Waals surface area contributed by atoms with E-state index in [1.807, 2.05) is 4.90 Å². The van der Waals surface area contributed by atoms with E-state index in [4.69, 9.17) is 6.42 Å². The summed E-state index contributed by atoms with van der Waals surface area (Å²) in [6.45, 7) is 2.70. The van der Waals surface area contributed by atoms with Gasteiger partial charge in [-0.3, -0.25) is 9.69 Å². The molecule has 0 unspecified atom stereocenters. The van der Waals surface area contributed by atoms with E-state index in [-0.39, 0.29) is 13.0 Å². The van der Waals surface area contributed by atoms with Crippen LogP contribution in [0.5, 0.6) is 0 Å². The van der Waals surface area contributed by atoms with Gasteiger partial charge in [-0.25, -0.2) is 0 Å². The van der Waals surface area contributed by atoms with Crippen LogP contribution in [0.25, 0.3) is 0 Å². The highest BCUT2D eigenvalue weighted by Crippen LogP contribution is 2.11. The summed E-state index contributed by atoms with van der Waals surface area (Å²) in [7, 11) is -0.780. The summed E-state index contributed by atoms with van der Waals surface area (Å²) in [4.78, 5) is 13.1. The van der Waals surface area contributed by atoms with E-state index in [1.54, 1.807) is 0 Å². The van der Waals surface area contributed by atoms with E-state index in [9.17, 15) is 13.2 Å². The van der Waals surface area contributed by atoms with Crippen molar-refractivity contribution in [1.29, 1.82) is 0 Å². The number of nitrogens with zero attached hydrogens (tertiary/aromatic N) is 3. The summed E-state index contributed by atoms with van der Waals surface area (Å²) >= 11 is 0. The molecule has 0 aromatic rings. The first-order chi connectivity index (χ1) is 9.41. The number of carbonyl (C=O) groups is 1. The first-order valence-corrected chi connectivity index (χ1v) is 7.75. The Bertz CT molecular complexity index is 464. The standard InChI is InChI=1S/C12H21N3O4S/c1-4-6-14-8-10-15(11-9-14)20(17,18)13(2)7-5-12(16)19-3/h1H,5-11H2,2-3H3. The molecule has 1 aliphatic heterocycles. The zero-order valence-electron chi connectivity index (χ0n) is 11.9. The molecule has 0 N–H and O–H groups in total. The maximum atomic E-state index is 12.3. The van der Waals surface area contributed by atoms with Gasteiger partial charge in [-0.05, 0) is 0 Å². The smallest absolute Gasteiger partial charge is 0.306 e. The van der Waals surface area contributed by atoms with Crippen molar-refractivity contribution in [2.75, 3.05) is 53.4 Å². The molecule has 0 aromatic heterocycles. The zero-order valence-corrected chi connectivity index (χ0v) is 12.7. The minimum absolute atomic E-state index is 0.0449. The number of ether oxygens (including phenoxy) is 1. The van der Waals surface area contributed by atoms with Crippen LogP contribution in [0.4, 0.5) is 0 Å². The van der Waals surface area contributed by atoms with Crippen LogP contribution in [0.15, 0.2) is 0 Å². The van der Waals surface area contributed by atoms with Crippen LogP contribution in [-0.2, 0) is 19.7 Å². The quantitative estimate of drug-likeness (QED) is 0.464. The molecule has 0 bridgehead atoms. The van der Waals surface area contributed by atoms with Crippen molar-refractivity contribution in [3.8, 4) is 12.3 Å². The van der Waals surface area contributed by atoms with E-state index >= 15 is 0 Å². The van der Waals surface area contributed by atoms with E-state index in [1.165, 1.54) is 22.8 Å². The number of hydrogen-bond donors (Lipinski definition) is 0. The lowest BCUT2D eigenvalue weighted by molar-refractivity contribution is -0.140. The predicted octanol–water partition coefficient (Wildman–Crippen LogP) is -1.02. The van der Waals surface area contributed by atoms with Gasteiger partial charge in [-0.15, -0.1) is 6.42 Å². The molecule has 1 aliphatic rings. The Kier molecular flexibility index (Phi) is 6.42. The third-order valence-electron chi connectivity index (χ3n) is 3.22. The van der Waals surface area contributed by atoms with Crippen molar-refractivity contribution >= 4 is 16.2 Å². The molecule has 1 rings (SSSR count). The maximum Gasteiger partial charge on any atom is 0.306 e. The van der Waals surface area contributed by atoms with Gasteiger partial charge in [0, 0.05) is 39.8 Å². The second-order valence-corrected chi connectivity index (χ2v) is 6.57. The molecule has 7 nitrogen and oxygen atoms in total. The summed E-state index contributed by atoms with van der Waals surface area (Å²) < 4.78 is 31.7. The van der Waals surface area contributed by atoms with Crippen molar-refractivity contribution in [2.24, 2.45) is 0 Å². The van der Waals surface area contributed by atoms with Gasteiger partial charge in [-0.2, -0.15) is 17.0 Å². The van der Waals surface area contributed by atoms with Crippen molar-refractivity contribution in [2.45, 2.75) is 6.42 Å². The molecule has 1 heterocycles. The van der Waals surface area contributed by atoms with Gasteiger partial charge in [0.25, 0.3) is 10.2 Å². The van der Waals surface area contributed by atoms with E-state index < -0.39 is 16.2 Å². The molecule has 0 amide bonds. The van der Waals surface area contributed by atoms with Gasteiger partial charge in [-0.1, -0.05) is 5.92 Å². The van der Waals surface area contributed by atoms with Gasteiger partial charge < -0.3 is 4.74 Å². The predicted molar refractivity (Wildman–Crippen MR) is 75.0 cm³/mol. The van der Waals surface area contributed by atoms with Crippen LogP contribution in [0.2, 0.25) is 0 Å². The van der Waals surface area contributed by atoms with Gasteiger partial charge >= 0.3 is 5.97 Å². The highest BCUT2D eigenvalue weighted by molar-refractivity contribution is 7.86. The van der Waals surface area contributed by atoms with Crippen LogP contribution in [0, 0.1) is 12.3 Å². The van der Waals surface area contributed by atoms with Gasteiger partial charge in [0.1, 0.15) is 0 Å².